The van der Waals surface area contributed by atoms with E-state index in [2.05, 4.69) is 22.6 Å². The molecule has 2 N–H and O–H groups in total. The van der Waals surface area contributed by atoms with Gasteiger partial charge in [-0.1, -0.05) is 0 Å². The lowest BCUT2D eigenvalue weighted by atomic mass is 9.92. The van der Waals surface area contributed by atoms with Crippen molar-refractivity contribution in [1.82, 2.24) is 15.5 Å². The Bertz CT molecular complexity index is 2550. The maximum atomic E-state index is 14.5. The van der Waals surface area contributed by atoms with Crippen LogP contribution in [0.2, 0.25) is 0 Å². The summed E-state index contributed by atoms with van der Waals surface area (Å²) in [7, 11) is 9.89. The number of methoxy groups -OCH3 is 5. The molecule has 0 saturated carbocycles. The molecule has 0 bridgehead atoms. The molecular weight excluding hydrogens is 759 g/mol. The van der Waals surface area contributed by atoms with Gasteiger partial charge in [0.05, 0.1) is 48.0 Å². The second-order valence-electron chi connectivity index (χ2n) is 14.8. The minimum atomic E-state index is -0.531. The Kier molecular flexibility index (Phi) is 10.7. The number of carbonyl (C=O) groups excluding carboxylic acids is 2. The number of aryl methyl sites for hydroxylation is 1. The van der Waals surface area contributed by atoms with Crippen molar-refractivity contribution in [2.45, 2.75) is 51.7 Å². The van der Waals surface area contributed by atoms with E-state index in [0.29, 0.717) is 98.6 Å². The zero-order chi connectivity index (χ0) is 41.5. The molecule has 0 spiro atoms. The summed E-state index contributed by atoms with van der Waals surface area (Å²) in [4.78, 5) is 43.6. The van der Waals surface area contributed by atoms with Crippen LogP contribution in [0.4, 0.5) is 0 Å². The Balaban J connectivity index is 1.30. The van der Waals surface area contributed by atoms with E-state index in [1.807, 2.05) is 24.3 Å². The Morgan fingerprint density at radius 2 is 1.59 bits per heavy atom. The predicted octanol–water partition coefficient (Wildman–Crippen LogP) is 5.87. The van der Waals surface area contributed by atoms with E-state index in [4.69, 9.17) is 37.6 Å². The monoisotopic (exact) mass is 805 g/mol. The number of carbonyl (C=O) groups is 2. The quantitative estimate of drug-likeness (QED) is 0.164. The van der Waals surface area contributed by atoms with Gasteiger partial charge in [0, 0.05) is 59.8 Å². The summed E-state index contributed by atoms with van der Waals surface area (Å²) in [6.07, 6.45) is 1.61. The van der Waals surface area contributed by atoms with Crippen LogP contribution in [0.1, 0.15) is 52.8 Å². The van der Waals surface area contributed by atoms with E-state index < -0.39 is 11.5 Å². The van der Waals surface area contributed by atoms with Crippen molar-refractivity contribution in [3.05, 3.63) is 86.1 Å². The van der Waals surface area contributed by atoms with Gasteiger partial charge in [0.1, 0.15) is 11.5 Å². The Labute approximate surface area is 341 Å². The largest absolute Gasteiger partial charge is 0.497 e. The van der Waals surface area contributed by atoms with Crippen molar-refractivity contribution >= 4 is 22.8 Å². The second-order valence-corrected chi connectivity index (χ2v) is 14.8. The number of likely N-dealkylation sites (N-methyl/N-ethyl adjacent to an activating group) is 1. The molecule has 14 heteroatoms. The zero-order valence-electron chi connectivity index (χ0n) is 34.2. The lowest BCUT2D eigenvalue weighted by Crippen LogP contribution is -2.30. The number of hydrogen-bond donors (Lipinski definition) is 2. The number of nitrogens with one attached hydrogen (secondary N) is 2. The fourth-order valence-corrected chi connectivity index (χ4v) is 8.73. The first kappa shape index (κ1) is 39.4. The molecule has 4 aromatic carbocycles. The summed E-state index contributed by atoms with van der Waals surface area (Å²) in [6.45, 7) is 3.16. The molecule has 5 aromatic rings. The van der Waals surface area contributed by atoms with Gasteiger partial charge in [0.15, 0.2) is 28.6 Å². The van der Waals surface area contributed by atoms with Gasteiger partial charge >= 0.3 is 0 Å². The topological polar surface area (TPSA) is 156 Å². The van der Waals surface area contributed by atoms with Crippen LogP contribution in [0.5, 0.6) is 40.2 Å². The maximum absolute atomic E-state index is 14.5. The first-order valence-corrected chi connectivity index (χ1v) is 19.4. The first-order valence-electron chi connectivity index (χ1n) is 19.4. The van der Waals surface area contributed by atoms with Crippen LogP contribution in [0, 0.1) is 0 Å². The summed E-state index contributed by atoms with van der Waals surface area (Å²) < 4.78 is 47.2. The van der Waals surface area contributed by atoms with Crippen LogP contribution in [0.15, 0.2) is 51.7 Å². The van der Waals surface area contributed by atoms with Gasteiger partial charge in [0.25, 0.3) is 0 Å². The molecule has 2 aliphatic heterocycles. The van der Waals surface area contributed by atoms with Gasteiger partial charge in [-0.2, -0.15) is 0 Å². The SMILES string of the molecule is COc1ccc(-c2oc3c(=O)cc4c(cc3c2CC(=O)NCc2c3c(c(OC)c5c2OCO5)CN(C)CC3)-c2c(cc(OC)c(OC)c2OC)CC[C@@H]4NC(C)=O)cc1. The van der Waals surface area contributed by atoms with Crippen molar-refractivity contribution in [3.63, 3.8) is 0 Å². The highest BCUT2D eigenvalue weighted by Gasteiger charge is 2.34. The molecular formula is C45H47N3O11. The molecule has 0 radical (unpaired) electrons. The normalized spacial score (nSPS) is 15.3. The third kappa shape index (κ3) is 7.00. The zero-order valence-corrected chi connectivity index (χ0v) is 34.2. The molecule has 308 valence electrons. The molecule has 3 aliphatic rings. The summed E-state index contributed by atoms with van der Waals surface area (Å²) in [5.41, 5.74) is 6.46. The van der Waals surface area contributed by atoms with Crippen LogP contribution in [-0.2, 0) is 41.9 Å². The number of nitrogens with zero attached hydrogens (tertiary/aromatic N) is 1. The van der Waals surface area contributed by atoms with E-state index in [-0.39, 0.29) is 37.2 Å². The second kappa shape index (κ2) is 16.1. The average molecular weight is 806 g/mol. The van der Waals surface area contributed by atoms with Crippen LogP contribution >= 0.6 is 0 Å². The number of rotatable bonds is 11. The fraction of sp³-hybridized carbons (Fsp3) is 0.356. The number of ether oxygens (including phenoxy) is 7. The van der Waals surface area contributed by atoms with Crippen LogP contribution in [-0.4, -0.2) is 72.6 Å². The smallest absolute Gasteiger partial charge is 0.231 e. The molecule has 3 heterocycles. The third-order valence-electron chi connectivity index (χ3n) is 11.4. The highest BCUT2D eigenvalue weighted by atomic mass is 16.7. The van der Waals surface area contributed by atoms with E-state index in [9.17, 15) is 14.4 Å². The molecule has 1 atom stereocenters. The molecule has 8 rings (SSSR count). The number of benzene rings is 3. The molecule has 14 nitrogen and oxygen atoms in total. The fourth-order valence-electron chi connectivity index (χ4n) is 8.73. The number of amides is 2. The summed E-state index contributed by atoms with van der Waals surface area (Å²) in [6, 6.07) is 12.0. The molecule has 1 aliphatic carbocycles. The predicted molar refractivity (Wildman–Crippen MR) is 219 cm³/mol. The maximum Gasteiger partial charge on any atom is 0.231 e. The van der Waals surface area contributed by atoms with Crippen LogP contribution < -0.4 is 49.2 Å². The van der Waals surface area contributed by atoms with Crippen LogP contribution in [0.25, 0.3) is 33.4 Å². The van der Waals surface area contributed by atoms with Gasteiger partial charge in [-0.15, -0.1) is 0 Å². The standard InChI is InChI=1S/C45H47N3O11/c1-23(49)47-34-13-10-25-16-36(53-4)43(55-6)44(56-7)38(25)29-17-30-31(39(24-8-11-26(52-3)12-9-24)59-40(30)35(50)18-28(29)34)19-37(51)46-20-32-27-14-15-48(2)21-33(27)41(54-5)45-42(32)57-22-58-45/h8-9,11-12,16-18,34H,10,13-15,19-22H2,1-7H3,(H,46,51)(H,47,49)/t34-/m0/s1. The van der Waals surface area contributed by atoms with E-state index in [1.165, 1.54) is 20.1 Å². The van der Waals surface area contributed by atoms with Crippen molar-refractivity contribution < 1.29 is 47.2 Å². The van der Waals surface area contributed by atoms with E-state index in [1.54, 1.807) is 40.6 Å². The Morgan fingerprint density at radius 3 is 2.29 bits per heavy atom. The van der Waals surface area contributed by atoms with Crippen LogP contribution in [0.3, 0.4) is 0 Å². The number of furan rings is 1. The lowest BCUT2D eigenvalue weighted by Gasteiger charge is -2.29. The summed E-state index contributed by atoms with van der Waals surface area (Å²) in [5.74, 6) is 3.46. The molecule has 59 heavy (non-hydrogen) atoms. The molecule has 1 aromatic heterocycles. The molecule has 2 amide bonds. The number of hydrogen-bond acceptors (Lipinski definition) is 12. The van der Waals surface area contributed by atoms with Crippen molar-refractivity contribution in [2.24, 2.45) is 0 Å². The van der Waals surface area contributed by atoms with Gasteiger partial charge in [-0.25, -0.2) is 0 Å². The van der Waals surface area contributed by atoms with E-state index >= 15 is 0 Å². The van der Waals surface area contributed by atoms with Gasteiger partial charge in [0.2, 0.25) is 35.5 Å². The van der Waals surface area contributed by atoms with Crippen molar-refractivity contribution in [2.75, 3.05) is 55.9 Å². The summed E-state index contributed by atoms with van der Waals surface area (Å²) in [5, 5.41) is 6.64. The third-order valence-corrected chi connectivity index (χ3v) is 11.4. The van der Waals surface area contributed by atoms with Gasteiger partial charge < -0.3 is 53.1 Å². The van der Waals surface area contributed by atoms with Crippen molar-refractivity contribution in [3.8, 4) is 62.7 Å². The summed E-state index contributed by atoms with van der Waals surface area (Å²) >= 11 is 0. The molecule has 0 unspecified atom stereocenters. The minimum absolute atomic E-state index is 0.0475. The van der Waals surface area contributed by atoms with Crippen molar-refractivity contribution in [1.29, 1.82) is 0 Å². The minimum Gasteiger partial charge on any atom is -0.497 e. The Hall–Kier alpha value is -6.41. The highest BCUT2D eigenvalue weighted by Crippen LogP contribution is 2.52. The number of fused-ring (bicyclic) bond motifs is 6. The highest BCUT2D eigenvalue weighted by molar-refractivity contribution is 5.96. The van der Waals surface area contributed by atoms with Gasteiger partial charge in [-0.3, -0.25) is 14.4 Å². The first-order chi connectivity index (χ1) is 28.6. The lowest BCUT2D eigenvalue weighted by molar-refractivity contribution is -0.121. The average Bonchev–Trinajstić information content (AvgIpc) is 3.79. The van der Waals surface area contributed by atoms with E-state index in [0.717, 1.165) is 35.2 Å². The molecule has 0 saturated heterocycles. The Morgan fingerprint density at radius 1 is 0.847 bits per heavy atom. The van der Waals surface area contributed by atoms with Gasteiger partial charge in [-0.05, 0) is 91.0 Å². The molecule has 0 fully saturated rings.